The largest absolute Gasteiger partial charge is 0.310 e. The van der Waals surface area contributed by atoms with Gasteiger partial charge in [-0.3, -0.25) is 0 Å². The van der Waals surface area contributed by atoms with E-state index in [4.69, 9.17) is 0 Å². The van der Waals surface area contributed by atoms with E-state index in [1.165, 1.54) is 65.7 Å². The van der Waals surface area contributed by atoms with E-state index >= 15 is 0 Å². The molecule has 9 aromatic rings. The Morgan fingerprint density at radius 2 is 0.857 bits per heavy atom. The van der Waals surface area contributed by atoms with Crippen LogP contribution in [-0.2, 0) is 0 Å². The molecule has 1 heteroatoms. The minimum Gasteiger partial charge on any atom is -0.310 e. The number of hydrogen-bond donors (Lipinski definition) is 0. The van der Waals surface area contributed by atoms with Crippen LogP contribution in [0.4, 0.5) is 17.1 Å². The first kappa shape index (κ1) is 28.8. The molecule has 0 aliphatic carbocycles. The second-order valence-electron chi connectivity index (χ2n) is 12.6. The van der Waals surface area contributed by atoms with E-state index in [1.54, 1.807) is 0 Å². The molecule has 49 heavy (non-hydrogen) atoms. The molecule has 0 amide bonds. The zero-order valence-corrected chi connectivity index (χ0v) is 27.0. The summed E-state index contributed by atoms with van der Waals surface area (Å²) in [5.74, 6) is 0. The summed E-state index contributed by atoms with van der Waals surface area (Å²) >= 11 is 0. The van der Waals surface area contributed by atoms with Crippen LogP contribution in [0.25, 0.3) is 65.7 Å². The minimum absolute atomic E-state index is 1.11. The fraction of sp³-hybridized carbons (Fsp3) is 0. The predicted octanol–water partition coefficient (Wildman–Crippen LogP) is 13.6. The second-order valence-corrected chi connectivity index (χ2v) is 12.6. The molecule has 0 radical (unpaired) electrons. The second kappa shape index (κ2) is 12.3. The lowest BCUT2D eigenvalue weighted by molar-refractivity contribution is 1.29. The van der Waals surface area contributed by atoms with Crippen molar-refractivity contribution in [3.63, 3.8) is 0 Å². The maximum Gasteiger partial charge on any atom is 0.0546 e. The molecule has 0 spiro atoms. The van der Waals surface area contributed by atoms with E-state index in [0.717, 1.165) is 17.1 Å². The number of rotatable bonds is 6. The third kappa shape index (κ3) is 5.32. The minimum atomic E-state index is 1.11. The smallest absolute Gasteiger partial charge is 0.0546 e. The Morgan fingerprint density at radius 1 is 0.286 bits per heavy atom. The summed E-state index contributed by atoms with van der Waals surface area (Å²) in [6.45, 7) is 0. The van der Waals surface area contributed by atoms with Crippen LogP contribution < -0.4 is 4.90 Å². The number of hydrogen-bond acceptors (Lipinski definition) is 1. The van der Waals surface area contributed by atoms with Crippen LogP contribution in [0.1, 0.15) is 0 Å². The van der Waals surface area contributed by atoms with Gasteiger partial charge in [-0.25, -0.2) is 0 Å². The zero-order chi connectivity index (χ0) is 32.6. The number of benzene rings is 9. The highest BCUT2D eigenvalue weighted by atomic mass is 15.1. The first-order valence-electron chi connectivity index (χ1n) is 16.8. The normalized spacial score (nSPS) is 11.3. The molecule has 0 bridgehead atoms. The van der Waals surface area contributed by atoms with Crippen molar-refractivity contribution in [2.75, 3.05) is 4.90 Å². The first-order chi connectivity index (χ1) is 24.3. The quantitative estimate of drug-likeness (QED) is 0.178. The average Bonchev–Trinajstić information content (AvgIpc) is 3.18. The van der Waals surface area contributed by atoms with Gasteiger partial charge in [0, 0.05) is 16.9 Å². The van der Waals surface area contributed by atoms with Crippen molar-refractivity contribution in [3.8, 4) is 33.4 Å². The standard InChI is InChI=1S/C48H33N/c1-2-13-34(14-3-1)40-21-10-22-42(32-40)49(43-30-29-36-16-5-7-19-39(36)33-43)47-26-12-25-46(45-24-11-20-37-17-8-9-23-44(37)45)48(47)41-28-27-35-15-4-6-18-38(35)31-41/h1-33H. The van der Waals surface area contributed by atoms with Crippen molar-refractivity contribution in [2.45, 2.75) is 0 Å². The lowest BCUT2D eigenvalue weighted by Crippen LogP contribution is -2.12. The molecule has 0 aromatic heterocycles. The van der Waals surface area contributed by atoms with E-state index in [-0.39, 0.29) is 0 Å². The van der Waals surface area contributed by atoms with Crippen LogP contribution in [0.3, 0.4) is 0 Å². The highest BCUT2D eigenvalue weighted by Gasteiger charge is 2.22. The molecule has 0 saturated heterocycles. The summed E-state index contributed by atoms with van der Waals surface area (Å²) in [7, 11) is 0. The van der Waals surface area contributed by atoms with Crippen molar-refractivity contribution in [1.29, 1.82) is 0 Å². The number of fused-ring (bicyclic) bond motifs is 3. The molecule has 0 aliphatic rings. The van der Waals surface area contributed by atoms with Crippen LogP contribution in [0.15, 0.2) is 200 Å². The molecular weight excluding hydrogens is 591 g/mol. The Labute approximate surface area is 287 Å². The zero-order valence-electron chi connectivity index (χ0n) is 27.0. The third-order valence-electron chi connectivity index (χ3n) is 9.60. The number of anilines is 3. The molecule has 0 N–H and O–H groups in total. The van der Waals surface area contributed by atoms with Crippen molar-refractivity contribution in [2.24, 2.45) is 0 Å². The summed E-state index contributed by atoms with van der Waals surface area (Å²) in [5.41, 5.74) is 10.5. The van der Waals surface area contributed by atoms with Crippen molar-refractivity contribution in [3.05, 3.63) is 200 Å². The van der Waals surface area contributed by atoms with Gasteiger partial charge in [0.25, 0.3) is 0 Å². The monoisotopic (exact) mass is 623 g/mol. The maximum absolute atomic E-state index is 2.44. The van der Waals surface area contributed by atoms with Gasteiger partial charge in [0.05, 0.1) is 5.69 Å². The van der Waals surface area contributed by atoms with Crippen LogP contribution >= 0.6 is 0 Å². The molecule has 0 unspecified atom stereocenters. The lowest BCUT2D eigenvalue weighted by atomic mass is 9.88. The molecule has 0 aliphatic heterocycles. The van der Waals surface area contributed by atoms with E-state index in [0.29, 0.717) is 0 Å². The highest BCUT2D eigenvalue weighted by Crippen LogP contribution is 2.47. The molecule has 9 rings (SSSR count). The Hall–Kier alpha value is -6.44. The number of nitrogens with zero attached hydrogens (tertiary/aromatic N) is 1. The maximum atomic E-state index is 2.44. The van der Waals surface area contributed by atoms with E-state index in [1.807, 2.05) is 0 Å². The topological polar surface area (TPSA) is 3.24 Å². The molecule has 9 aromatic carbocycles. The molecule has 0 atom stereocenters. The molecular formula is C48H33N. The SMILES string of the molecule is c1ccc(-c2cccc(N(c3ccc4ccccc4c3)c3cccc(-c4cccc5ccccc45)c3-c3ccc4ccccc4c3)c2)cc1. The highest BCUT2D eigenvalue weighted by molar-refractivity contribution is 6.06. The van der Waals surface area contributed by atoms with Crippen LogP contribution in [0.2, 0.25) is 0 Å². The van der Waals surface area contributed by atoms with E-state index in [9.17, 15) is 0 Å². The van der Waals surface area contributed by atoms with Crippen molar-refractivity contribution in [1.82, 2.24) is 0 Å². The summed E-state index contributed by atoms with van der Waals surface area (Å²) in [6, 6.07) is 72.7. The summed E-state index contributed by atoms with van der Waals surface area (Å²) < 4.78 is 0. The van der Waals surface area contributed by atoms with E-state index in [2.05, 4.69) is 205 Å². The van der Waals surface area contributed by atoms with Crippen LogP contribution in [0, 0.1) is 0 Å². The fourth-order valence-corrected chi connectivity index (χ4v) is 7.26. The van der Waals surface area contributed by atoms with Gasteiger partial charge in [0.1, 0.15) is 0 Å². The molecule has 0 fully saturated rings. The summed E-state index contributed by atoms with van der Waals surface area (Å²) in [4.78, 5) is 2.44. The third-order valence-corrected chi connectivity index (χ3v) is 9.60. The molecule has 0 heterocycles. The van der Waals surface area contributed by atoms with Gasteiger partial charge < -0.3 is 4.90 Å². The van der Waals surface area contributed by atoms with Gasteiger partial charge >= 0.3 is 0 Å². The van der Waals surface area contributed by atoms with Gasteiger partial charge in [-0.2, -0.15) is 0 Å². The van der Waals surface area contributed by atoms with Gasteiger partial charge in [0.15, 0.2) is 0 Å². The average molecular weight is 624 g/mol. The Balaban J connectivity index is 1.36. The Morgan fingerprint density at radius 3 is 1.67 bits per heavy atom. The fourth-order valence-electron chi connectivity index (χ4n) is 7.26. The molecule has 230 valence electrons. The van der Waals surface area contributed by atoms with Crippen molar-refractivity contribution >= 4 is 49.4 Å². The molecule has 1 nitrogen and oxygen atoms in total. The lowest BCUT2D eigenvalue weighted by Gasteiger charge is -2.30. The van der Waals surface area contributed by atoms with Gasteiger partial charge in [0.2, 0.25) is 0 Å². The van der Waals surface area contributed by atoms with Gasteiger partial charge in [-0.1, -0.05) is 164 Å². The van der Waals surface area contributed by atoms with E-state index < -0.39 is 0 Å². The van der Waals surface area contributed by atoms with Crippen molar-refractivity contribution < 1.29 is 0 Å². The van der Waals surface area contributed by atoms with Crippen LogP contribution in [0.5, 0.6) is 0 Å². The molecule has 0 saturated carbocycles. The predicted molar refractivity (Wildman–Crippen MR) is 210 cm³/mol. The Kier molecular flexibility index (Phi) is 7.22. The van der Waals surface area contributed by atoms with Crippen LogP contribution in [-0.4, -0.2) is 0 Å². The van der Waals surface area contributed by atoms with Gasteiger partial charge in [-0.05, 0) is 96.5 Å². The Bertz CT molecular complexity index is 2610. The summed E-state index contributed by atoms with van der Waals surface area (Å²) in [5, 5.41) is 7.37. The summed E-state index contributed by atoms with van der Waals surface area (Å²) in [6.07, 6.45) is 0. The first-order valence-corrected chi connectivity index (χ1v) is 16.8. The van der Waals surface area contributed by atoms with Gasteiger partial charge in [-0.15, -0.1) is 0 Å².